The van der Waals surface area contributed by atoms with Crippen LogP contribution >= 0.6 is 11.3 Å². The van der Waals surface area contributed by atoms with Crippen LogP contribution < -0.4 is 22.5 Å². The average molecular weight is 422 g/mol. The first-order valence-electron chi connectivity index (χ1n) is 9.60. The second-order valence-corrected chi connectivity index (χ2v) is 7.68. The summed E-state index contributed by atoms with van der Waals surface area (Å²) in [6.45, 7) is 2.16. The molecule has 0 atom stereocenters. The van der Waals surface area contributed by atoms with Gasteiger partial charge in [-0.3, -0.25) is 9.56 Å². The summed E-state index contributed by atoms with van der Waals surface area (Å²) in [7, 11) is 0. The Morgan fingerprint density at radius 2 is 2.07 bits per heavy atom. The standard InChI is InChI=1S/C21H23N7OS/c22-20(23)25-8-1-7-24-11-14-2-4-17(5-3-14)28-12-16-10-18(15-6-9-30-13-15)26-19(16)27-21(28)29/h2-6,9-10,12-13,24H,1,7-8,11H2,(H4,22,23,25)(H,26,27,29). The molecule has 0 unspecified atom stereocenters. The molecule has 0 aliphatic rings. The number of aliphatic imine (C=N–C) groups is 1. The highest BCUT2D eigenvalue weighted by atomic mass is 32.1. The maximum Gasteiger partial charge on any atom is 0.354 e. The Labute approximate surface area is 177 Å². The lowest BCUT2D eigenvalue weighted by molar-refractivity contribution is 0.655. The number of hydrogen-bond donors (Lipinski definition) is 4. The topological polar surface area (TPSA) is 127 Å². The molecular weight excluding hydrogens is 398 g/mol. The first-order chi connectivity index (χ1) is 14.6. The molecule has 4 rings (SSSR count). The molecule has 0 fully saturated rings. The molecule has 0 radical (unpaired) electrons. The van der Waals surface area contributed by atoms with Gasteiger partial charge in [0, 0.05) is 41.3 Å². The van der Waals surface area contributed by atoms with Gasteiger partial charge in [-0.25, -0.2) is 4.79 Å². The number of nitrogens with one attached hydrogen (secondary N) is 2. The molecule has 30 heavy (non-hydrogen) atoms. The van der Waals surface area contributed by atoms with Crippen LogP contribution in [0, 0.1) is 0 Å². The number of aromatic amines is 1. The van der Waals surface area contributed by atoms with E-state index in [9.17, 15) is 4.79 Å². The van der Waals surface area contributed by atoms with Crippen molar-refractivity contribution in [3.05, 3.63) is 69.4 Å². The van der Waals surface area contributed by atoms with E-state index in [0.717, 1.165) is 47.4 Å². The van der Waals surface area contributed by atoms with Gasteiger partial charge in [-0.05, 0) is 48.2 Å². The lowest BCUT2D eigenvalue weighted by Crippen LogP contribution is -2.23. The van der Waals surface area contributed by atoms with Crippen LogP contribution in [-0.4, -0.2) is 33.6 Å². The minimum Gasteiger partial charge on any atom is -0.370 e. The molecule has 1 aromatic carbocycles. The van der Waals surface area contributed by atoms with Gasteiger partial charge in [0.25, 0.3) is 0 Å². The van der Waals surface area contributed by atoms with Crippen molar-refractivity contribution in [2.24, 2.45) is 16.5 Å². The first kappa shape index (κ1) is 19.9. The van der Waals surface area contributed by atoms with E-state index in [-0.39, 0.29) is 11.6 Å². The van der Waals surface area contributed by atoms with Gasteiger partial charge in [-0.15, -0.1) is 0 Å². The summed E-state index contributed by atoms with van der Waals surface area (Å²) in [5, 5.41) is 8.32. The fourth-order valence-corrected chi connectivity index (χ4v) is 3.83. The third-order valence-corrected chi connectivity index (χ3v) is 5.37. The molecule has 0 spiro atoms. The van der Waals surface area contributed by atoms with Gasteiger partial charge in [-0.1, -0.05) is 12.1 Å². The molecule has 6 N–H and O–H groups in total. The maximum absolute atomic E-state index is 12.5. The molecule has 4 aromatic rings. The van der Waals surface area contributed by atoms with Crippen LogP contribution in [0.25, 0.3) is 28.0 Å². The average Bonchev–Trinajstić information content (AvgIpc) is 3.39. The molecule has 0 aliphatic carbocycles. The predicted molar refractivity (Wildman–Crippen MR) is 122 cm³/mol. The number of guanidine groups is 1. The zero-order valence-corrected chi connectivity index (χ0v) is 17.2. The van der Waals surface area contributed by atoms with E-state index in [4.69, 9.17) is 11.5 Å². The molecule has 3 heterocycles. The SMILES string of the molecule is NC(N)=NCCCNCc1ccc(-n2cc3cc(-c4ccsc4)[nH]c3nc2=O)cc1. The molecule has 0 aliphatic heterocycles. The van der Waals surface area contributed by atoms with E-state index in [1.54, 1.807) is 15.9 Å². The van der Waals surface area contributed by atoms with Crippen molar-refractivity contribution >= 4 is 28.3 Å². The number of aromatic nitrogens is 3. The Kier molecular flexibility index (Phi) is 5.92. The Morgan fingerprint density at radius 3 is 2.80 bits per heavy atom. The largest absolute Gasteiger partial charge is 0.370 e. The minimum atomic E-state index is -0.313. The fourth-order valence-electron chi connectivity index (χ4n) is 3.17. The van der Waals surface area contributed by atoms with Gasteiger partial charge in [0.1, 0.15) is 5.65 Å². The molecule has 8 nitrogen and oxygen atoms in total. The van der Waals surface area contributed by atoms with Crippen LogP contribution in [-0.2, 0) is 6.54 Å². The highest BCUT2D eigenvalue weighted by molar-refractivity contribution is 7.08. The Bertz CT molecular complexity index is 1200. The van der Waals surface area contributed by atoms with Crippen molar-refractivity contribution in [3.8, 4) is 16.9 Å². The Balaban J connectivity index is 1.45. The van der Waals surface area contributed by atoms with Crippen molar-refractivity contribution in [2.45, 2.75) is 13.0 Å². The summed E-state index contributed by atoms with van der Waals surface area (Å²) in [6.07, 6.45) is 2.69. The number of thiophene rings is 1. The maximum atomic E-state index is 12.5. The number of fused-ring (bicyclic) bond motifs is 1. The van der Waals surface area contributed by atoms with Crippen molar-refractivity contribution in [3.63, 3.8) is 0 Å². The van der Waals surface area contributed by atoms with Crippen molar-refractivity contribution < 1.29 is 0 Å². The zero-order chi connectivity index (χ0) is 20.9. The van der Waals surface area contributed by atoms with Gasteiger partial charge < -0.3 is 21.8 Å². The van der Waals surface area contributed by atoms with E-state index < -0.39 is 0 Å². The number of nitrogens with two attached hydrogens (primary N) is 2. The van der Waals surface area contributed by atoms with Gasteiger partial charge in [0.05, 0.1) is 5.69 Å². The normalized spacial score (nSPS) is 11.1. The number of rotatable bonds is 8. The van der Waals surface area contributed by atoms with E-state index in [2.05, 4.69) is 25.7 Å². The fraction of sp³-hybridized carbons (Fsp3) is 0.190. The summed E-state index contributed by atoms with van der Waals surface area (Å²) >= 11 is 1.63. The summed E-state index contributed by atoms with van der Waals surface area (Å²) in [6, 6.07) is 11.9. The Morgan fingerprint density at radius 1 is 1.23 bits per heavy atom. The highest BCUT2D eigenvalue weighted by Crippen LogP contribution is 2.24. The van der Waals surface area contributed by atoms with E-state index >= 15 is 0 Å². The minimum absolute atomic E-state index is 0.121. The molecule has 0 bridgehead atoms. The summed E-state index contributed by atoms with van der Waals surface area (Å²) < 4.78 is 1.57. The number of nitrogens with zero attached hydrogens (tertiary/aromatic N) is 3. The second kappa shape index (κ2) is 8.93. The van der Waals surface area contributed by atoms with E-state index in [1.165, 1.54) is 0 Å². The van der Waals surface area contributed by atoms with Crippen molar-refractivity contribution in [2.75, 3.05) is 13.1 Å². The quantitative estimate of drug-likeness (QED) is 0.197. The Hall–Kier alpha value is -3.43. The number of benzene rings is 1. The number of H-pyrrole nitrogens is 1. The first-order valence-corrected chi connectivity index (χ1v) is 10.5. The van der Waals surface area contributed by atoms with E-state index in [1.807, 2.05) is 48.0 Å². The molecule has 0 saturated heterocycles. The lowest BCUT2D eigenvalue weighted by atomic mass is 10.2. The lowest BCUT2D eigenvalue weighted by Gasteiger charge is -2.08. The van der Waals surface area contributed by atoms with Crippen molar-refractivity contribution in [1.82, 2.24) is 19.9 Å². The van der Waals surface area contributed by atoms with Crippen LogP contribution in [0.4, 0.5) is 0 Å². The van der Waals surface area contributed by atoms with Crippen LogP contribution in [0.1, 0.15) is 12.0 Å². The highest BCUT2D eigenvalue weighted by Gasteiger charge is 2.09. The third kappa shape index (κ3) is 4.58. The summed E-state index contributed by atoms with van der Waals surface area (Å²) in [5.41, 5.74) is 14.8. The summed E-state index contributed by atoms with van der Waals surface area (Å²) in [4.78, 5) is 23.9. The molecule has 3 aromatic heterocycles. The second-order valence-electron chi connectivity index (χ2n) is 6.90. The molecule has 9 heteroatoms. The number of hydrogen-bond acceptors (Lipinski definition) is 5. The molecule has 0 saturated carbocycles. The van der Waals surface area contributed by atoms with Crippen LogP contribution in [0.3, 0.4) is 0 Å². The van der Waals surface area contributed by atoms with E-state index in [0.29, 0.717) is 12.2 Å². The molecule has 0 amide bonds. The molecular formula is C21H23N7OS. The van der Waals surface area contributed by atoms with Crippen LogP contribution in [0.5, 0.6) is 0 Å². The van der Waals surface area contributed by atoms with Crippen LogP contribution in [0.2, 0.25) is 0 Å². The van der Waals surface area contributed by atoms with Gasteiger partial charge in [0.2, 0.25) is 0 Å². The van der Waals surface area contributed by atoms with Gasteiger partial charge in [-0.2, -0.15) is 16.3 Å². The van der Waals surface area contributed by atoms with Crippen LogP contribution in [0.15, 0.2) is 63.1 Å². The van der Waals surface area contributed by atoms with Crippen molar-refractivity contribution in [1.29, 1.82) is 0 Å². The zero-order valence-electron chi connectivity index (χ0n) is 16.3. The molecule has 154 valence electrons. The van der Waals surface area contributed by atoms with Gasteiger partial charge in [0.15, 0.2) is 5.96 Å². The monoisotopic (exact) mass is 421 g/mol. The summed E-state index contributed by atoms with van der Waals surface area (Å²) in [5.74, 6) is 0.121. The third-order valence-electron chi connectivity index (χ3n) is 4.69. The smallest absolute Gasteiger partial charge is 0.354 e. The predicted octanol–water partition coefficient (Wildman–Crippen LogP) is 2.20. The van der Waals surface area contributed by atoms with Gasteiger partial charge >= 0.3 is 5.69 Å².